The van der Waals surface area contributed by atoms with Crippen molar-refractivity contribution in [2.24, 2.45) is 0 Å². The second-order valence-corrected chi connectivity index (χ2v) is 10.7. The summed E-state index contributed by atoms with van der Waals surface area (Å²) >= 11 is 1.73. The molecule has 1 aliphatic heterocycles. The first-order valence-corrected chi connectivity index (χ1v) is 14.4. The third-order valence-electron chi connectivity index (χ3n) is 6.90. The number of hydrogen-bond donors (Lipinski definition) is 4. The van der Waals surface area contributed by atoms with Crippen LogP contribution in [0.15, 0.2) is 84.2 Å². The molecule has 0 bridgehead atoms. The number of ether oxygens (including phenoxy) is 1. The molecule has 1 aromatic heterocycles. The summed E-state index contributed by atoms with van der Waals surface area (Å²) in [6.45, 7) is 3.47. The van der Waals surface area contributed by atoms with Crippen molar-refractivity contribution in [1.29, 1.82) is 0 Å². The maximum absolute atomic E-state index is 10.1. The monoisotopic (exact) mass is 544 g/mol. The van der Waals surface area contributed by atoms with Gasteiger partial charge in [0.1, 0.15) is 24.2 Å². The van der Waals surface area contributed by atoms with Crippen molar-refractivity contribution in [1.82, 2.24) is 10.3 Å². The second kappa shape index (κ2) is 13.5. The van der Waals surface area contributed by atoms with Gasteiger partial charge in [0.15, 0.2) is 5.13 Å². The number of hydrogen-bond acceptors (Lipinski definition) is 8. The van der Waals surface area contributed by atoms with Gasteiger partial charge in [0.2, 0.25) is 0 Å². The van der Waals surface area contributed by atoms with Crippen LogP contribution in [0.2, 0.25) is 0 Å². The quantitative estimate of drug-likeness (QED) is 0.183. The molecular weight excluding hydrogens is 508 g/mol. The number of phenolic OH excluding ortho intramolecular Hbond substituents is 1. The Bertz CT molecular complexity index is 1270. The van der Waals surface area contributed by atoms with Gasteiger partial charge in [-0.15, -0.1) is 11.3 Å². The van der Waals surface area contributed by atoms with E-state index in [0.29, 0.717) is 18.3 Å². The molecule has 39 heavy (non-hydrogen) atoms. The van der Waals surface area contributed by atoms with Gasteiger partial charge in [-0.3, -0.25) is 0 Å². The van der Waals surface area contributed by atoms with Gasteiger partial charge in [0.05, 0.1) is 5.69 Å². The van der Waals surface area contributed by atoms with Gasteiger partial charge in [-0.05, 0) is 67.8 Å². The molecule has 7 nitrogen and oxygen atoms in total. The van der Waals surface area contributed by atoms with Crippen LogP contribution in [-0.2, 0) is 6.42 Å². The van der Waals surface area contributed by atoms with E-state index in [0.717, 1.165) is 55.4 Å². The first kappa shape index (κ1) is 27.0. The first-order chi connectivity index (χ1) is 19.1. The predicted octanol–water partition coefficient (Wildman–Crippen LogP) is 5.17. The zero-order chi connectivity index (χ0) is 26.9. The molecule has 1 aliphatic rings. The van der Waals surface area contributed by atoms with E-state index < -0.39 is 6.10 Å². The van der Waals surface area contributed by atoms with Crippen LogP contribution in [0.3, 0.4) is 0 Å². The molecule has 0 unspecified atom stereocenters. The molecule has 4 aromatic rings. The van der Waals surface area contributed by atoms with Gasteiger partial charge in [-0.25, -0.2) is 4.98 Å². The smallest absolute Gasteiger partial charge is 0.185 e. The van der Waals surface area contributed by atoms with Crippen molar-refractivity contribution >= 4 is 22.2 Å². The summed E-state index contributed by atoms with van der Waals surface area (Å²) in [4.78, 5) is 7.28. The van der Waals surface area contributed by atoms with Crippen molar-refractivity contribution in [3.8, 4) is 22.8 Å². The Morgan fingerprint density at radius 3 is 2.46 bits per heavy atom. The van der Waals surface area contributed by atoms with Crippen LogP contribution in [0.1, 0.15) is 18.4 Å². The summed E-state index contributed by atoms with van der Waals surface area (Å²) in [7, 11) is 0. The van der Waals surface area contributed by atoms with E-state index in [1.807, 2.05) is 6.07 Å². The molecule has 3 aromatic carbocycles. The molecule has 1 saturated heterocycles. The summed E-state index contributed by atoms with van der Waals surface area (Å²) in [5, 5.41) is 29.7. The molecule has 0 aliphatic carbocycles. The Kier molecular flexibility index (Phi) is 9.32. The number of anilines is 2. The molecular formula is C31H36N4O3S. The molecule has 5 rings (SSSR count). The number of benzene rings is 3. The van der Waals surface area contributed by atoms with E-state index in [9.17, 15) is 10.2 Å². The van der Waals surface area contributed by atoms with E-state index in [-0.39, 0.29) is 12.4 Å². The van der Waals surface area contributed by atoms with Crippen LogP contribution in [0.4, 0.5) is 10.8 Å². The number of phenols is 1. The lowest BCUT2D eigenvalue weighted by Gasteiger charge is -2.32. The fourth-order valence-corrected chi connectivity index (χ4v) is 5.55. The Hall–Kier alpha value is -3.59. The van der Waals surface area contributed by atoms with Crippen molar-refractivity contribution in [3.05, 3.63) is 89.8 Å². The van der Waals surface area contributed by atoms with Gasteiger partial charge in [0.25, 0.3) is 0 Å². The summed E-state index contributed by atoms with van der Waals surface area (Å²) in [5.74, 6) is 0.822. The minimum atomic E-state index is -0.599. The van der Waals surface area contributed by atoms with Crippen LogP contribution >= 0.6 is 11.3 Å². The molecule has 2 heterocycles. The Balaban J connectivity index is 0.982. The fraction of sp³-hybridized carbons (Fsp3) is 0.323. The lowest BCUT2D eigenvalue weighted by atomic mass is 10.0. The summed E-state index contributed by atoms with van der Waals surface area (Å²) in [5.41, 5.74) is 4.65. The zero-order valence-corrected chi connectivity index (χ0v) is 22.8. The highest BCUT2D eigenvalue weighted by Gasteiger charge is 2.21. The molecule has 4 N–H and O–H groups in total. The average molecular weight is 545 g/mol. The summed E-state index contributed by atoms with van der Waals surface area (Å²) in [6, 6.07) is 26.0. The number of rotatable bonds is 12. The number of aliphatic hydroxyl groups excluding tert-OH is 1. The van der Waals surface area contributed by atoms with E-state index in [4.69, 9.17) is 9.72 Å². The minimum absolute atomic E-state index is 0.194. The number of piperidine rings is 1. The maximum atomic E-state index is 10.1. The van der Waals surface area contributed by atoms with E-state index >= 15 is 0 Å². The maximum Gasteiger partial charge on any atom is 0.185 e. The van der Waals surface area contributed by atoms with E-state index in [2.05, 4.69) is 69.4 Å². The SMILES string of the molecule is Oc1ccc(OC[C@H](O)CNCCc2ccc(NC3CCN(c4nc(-c5ccccc5)cs4)CC3)cc2)cc1. The molecule has 204 valence electrons. The van der Waals surface area contributed by atoms with Crippen molar-refractivity contribution in [2.75, 3.05) is 43.0 Å². The number of nitrogens with one attached hydrogen (secondary N) is 2. The van der Waals surface area contributed by atoms with E-state index in [1.165, 1.54) is 11.1 Å². The molecule has 0 amide bonds. The van der Waals surface area contributed by atoms with Crippen LogP contribution in [0.25, 0.3) is 11.3 Å². The summed E-state index contributed by atoms with van der Waals surface area (Å²) < 4.78 is 5.55. The zero-order valence-electron chi connectivity index (χ0n) is 22.0. The van der Waals surface area contributed by atoms with Crippen molar-refractivity contribution in [2.45, 2.75) is 31.4 Å². The van der Waals surface area contributed by atoms with Crippen molar-refractivity contribution in [3.63, 3.8) is 0 Å². The van der Waals surface area contributed by atoms with Crippen LogP contribution in [0, 0.1) is 0 Å². The molecule has 1 atom stereocenters. The highest BCUT2D eigenvalue weighted by atomic mass is 32.1. The van der Waals surface area contributed by atoms with Gasteiger partial charge >= 0.3 is 0 Å². The highest BCUT2D eigenvalue weighted by Crippen LogP contribution is 2.29. The van der Waals surface area contributed by atoms with Gasteiger partial charge in [0, 0.05) is 42.3 Å². The molecule has 8 heteroatoms. The fourth-order valence-electron chi connectivity index (χ4n) is 4.66. The Morgan fingerprint density at radius 1 is 0.974 bits per heavy atom. The molecule has 0 saturated carbocycles. The van der Waals surface area contributed by atoms with Gasteiger partial charge in [-0.2, -0.15) is 0 Å². The number of aliphatic hydroxyl groups is 1. The second-order valence-electron chi connectivity index (χ2n) is 9.90. The van der Waals surface area contributed by atoms with Crippen LogP contribution in [-0.4, -0.2) is 60.1 Å². The lowest BCUT2D eigenvalue weighted by Crippen LogP contribution is -2.39. The average Bonchev–Trinajstić information content (AvgIpc) is 3.47. The highest BCUT2D eigenvalue weighted by molar-refractivity contribution is 7.14. The molecule has 0 radical (unpaired) electrons. The predicted molar refractivity (Wildman–Crippen MR) is 159 cm³/mol. The lowest BCUT2D eigenvalue weighted by molar-refractivity contribution is 0.106. The van der Waals surface area contributed by atoms with Crippen LogP contribution < -0.4 is 20.3 Å². The number of aromatic nitrogens is 1. The van der Waals surface area contributed by atoms with Crippen molar-refractivity contribution < 1.29 is 14.9 Å². The normalized spacial score (nSPS) is 14.7. The third kappa shape index (κ3) is 7.95. The topological polar surface area (TPSA) is 89.9 Å². The Labute approximate surface area is 234 Å². The number of thiazole rings is 1. The Morgan fingerprint density at radius 2 is 1.72 bits per heavy atom. The number of aromatic hydroxyl groups is 1. The first-order valence-electron chi connectivity index (χ1n) is 13.5. The standard InChI is InChI=1S/C31H36N4O3S/c36-27-10-12-29(13-11-27)38-21-28(37)20-32-17-14-23-6-8-25(9-7-23)33-26-15-18-35(19-16-26)31-34-30(22-39-31)24-4-2-1-3-5-24/h1-13,22,26,28,32-33,36-37H,14-21H2/t28-/m1/s1. The number of nitrogens with zero attached hydrogens (tertiary/aromatic N) is 2. The van der Waals surface area contributed by atoms with Crippen LogP contribution in [0.5, 0.6) is 11.5 Å². The molecule has 1 fully saturated rings. The third-order valence-corrected chi connectivity index (χ3v) is 7.80. The largest absolute Gasteiger partial charge is 0.508 e. The van der Waals surface area contributed by atoms with Gasteiger partial charge in [-0.1, -0.05) is 42.5 Å². The summed E-state index contributed by atoms with van der Waals surface area (Å²) in [6.07, 6.45) is 2.47. The van der Waals surface area contributed by atoms with Gasteiger partial charge < -0.3 is 30.5 Å². The van der Waals surface area contributed by atoms with E-state index in [1.54, 1.807) is 35.6 Å². The minimum Gasteiger partial charge on any atom is -0.508 e. The molecule has 0 spiro atoms.